The minimum Gasteiger partial charge on any atom is -0.313 e. The second-order valence-electron chi connectivity index (χ2n) is 5.64. The first-order valence-electron chi connectivity index (χ1n) is 5.57. The van der Waals surface area contributed by atoms with Crippen LogP contribution in [0.3, 0.4) is 0 Å². The molecular weight excluding hydrogens is 194 g/mol. The van der Waals surface area contributed by atoms with Crippen LogP contribution in [-0.4, -0.2) is 16.9 Å². The molecule has 86 valence electrons. The molecule has 0 aromatic carbocycles. The van der Waals surface area contributed by atoms with Gasteiger partial charge in [0.05, 0.1) is 5.54 Å². The first-order valence-corrected chi connectivity index (χ1v) is 5.57. The van der Waals surface area contributed by atoms with Gasteiger partial charge in [-0.05, 0) is 30.1 Å². The standard InChI is InChI=1S/C11H19NO3/c1-7-4-5-8-10(2,3)11(8,6-7)12-9(13)15-14/h7-8,14H,4-6H2,1-3H3,(H,12,13). The molecule has 2 fully saturated rings. The lowest BCUT2D eigenvalue weighted by atomic mass is 9.86. The first kappa shape index (κ1) is 10.7. The zero-order chi connectivity index (χ0) is 11.3. The highest BCUT2D eigenvalue weighted by atomic mass is 17.1. The van der Waals surface area contributed by atoms with Gasteiger partial charge in [-0.25, -0.2) is 4.79 Å². The Bertz CT molecular complexity index is 290. The topological polar surface area (TPSA) is 58.6 Å². The molecule has 0 heterocycles. The van der Waals surface area contributed by atoms with Crippen LogP contribution in [0, 0.1) is 17.3 Å². The summed E-state index contributed by atoms with van der Waals surface area (Å²) in [5.74, 6) is 1.15. The Kier molecular flexibility index (Phi) is 2.23. The zero-order valence-electron chi connectivity index (χ0n) is 9.54. The summed E-state index contributed by atoms with van der Waals surface area (Å²) in [5.41, 5.74) is -0.0174. The fourth-order valence-corrected chi connectivity index (χ4v) is 3.59. The van der Waals surface area contributed by atoms with Crippen LogP contribution in [0.5, 0.6) is 0 Å². The van der Waals surface area contributed by atoms with Crippen molar-refractivity contribution >= 4 is 6.09 Å². The molecule has 0 aromatic rings. The Morgan fingerprint density at radius 1 is 1.47 bits per heavy atom. The van der Waals surface area contributed by atoms with Gasteiger partial charge in [-0.15, -0.1) is 0 Å². The Balaban J connectivity index is 2.14. The molecule has 2 rings (SSSR count). The van der Waals surface area contributed by atoms with Gasteiger partial charge in [0.2, 0.25) is 0 Å². The highest BCUT2D eigenvalue weighted by molar-refractivity contribution is 5.69. The number of carbonyl (C=O) groups excluding carboxylic acids is 1. The Morgan fingerprint density at radius 2 is 2.13 bits per heavy atom. The number of nitrogens with one attached hydrogen (secondary N) is 1. The maximum absolute atomic E-state index is 11.1. The Labute approximate surface area is 89.9 Å². The van der Waals surface area contributed by atoms with Crippen LogP contribution in [0.1, 0.15) is 40.0 Å². The Morgan fingerprint density at radius 3 is 2.73 bits per heavy atom. The van der Waals surface area contributed by atoms with Crippen molar-refractivity contribution in [3.63, 3.8) is 0 Å². The molecule has 4 heteroatoms. The molecule has 2 saturated carbocycles. The van der Waals surface area contributed by atoms with E-state index in [2.05, 4.69) is 31.0 Å². The number of rotatable bonds is 1. The van der Waals surface area contributed by atoms with Crippen molar-refractivity contribution in [3.8, 4) is 0 Å². The average Bonchev–Trinajstić information content (AvgIpc) is 2.62. The zero-order valence-corrected chi connectivity index (χ0v) is 9.54. The van der Waals surface area contributed by atoms with Crippen LogP contribution < -0.4 is 5.32 Å². The normalized spacial score (nSPS) is 41.6. The van der Waals surface area contributed by atoms with Gasteiger partial charge in [0, 0.05) is 0 Å². The van der Waals surface area contributed by atoms with Gasteiger partial charge in [-0.2, -0.15) is 5.26 Å². The van der Waals surface area contributed by atoms with Crippen LogP contribution in [0.15, 0.2) is 0 Å². The molecule has 0 bridgehead atoms. The SMILES string of the molecule is CC1CCC2C(C)(C)C2(NC(=O)OO)C1. The highest BCUT2D eigenvalue weighted by Gasteiger charge is 2.72. The van der Waals surface area contributed by atoms with E-state index in [9.17, 15) is 4.79 Å². The number of hydrogen-bond donors (Lipinski definition) is 2. The van der Waals surface area contributed by atoms with Crippen molar-refractivity contribution in [1.82, 2.24) is 5.32 Å². The summed E-state index contributed by atoms with van der Waals surface area (Å²) in [6.07, 6.45) is 2.64. The predicted octanol–water partition coefficient (Wildman–Crippen LogP) is 2.40. The highest BCUT2D eigenvalue weighted by Crippen LogP contribution is 2.68. The lowest BCUT2D eigenvalue weighted by molar-refractivity contribution is -0.179. The lowest BCUT2D eigenvalue weighted by Crippen LogP contribution is -2.43. The van der Waals surface area contributed by atoms with Crippen molar-refractivity contribution in [3.05, 3.63) is 0 Å². The van der Waals surface area contributed by atoms with Crippen molar-refractivity contribution in [2.75, 3.05) is 0 Å². The van der Waals surface area contributed by atoms with E-state index in [0.717, 1.165) is 12.8 Å². The Hall–Kier alpha value is -0.770. The second-order valence-corrected chi connectivity index (χ2v) is 5.64. The molecule has 4 nitrogen and oxygen atoms in total. The van der Waals surface area contributed by atoms with Gasteiger partial charge in [-0.1, -0.05) is 27.2 Å². The molecule has 0 radical (unpaired) electrons. The van der Waals surface area contributed by atoms with Gasteiger partial charge < -0.3 is 5.32 Å². The third-order valence-corrected chi connectivity index (χ3v) is 4.56. The van der Waals surface area contributed by atoms with Crippen LogP contribution in [0.25, 0.3) is 0 Å². The summed E-state index contributed by atoms with van der Waals surface area (Å²) in [6, 6.07) is 0. The quantitative estimate of drug-likeness (QED) is 0.519. The minimum atomic E-state index is -0.723. The first-order chi connectivity index (χ1) is 6.94. The van der Waals surface area contributed by atoms with Crippen LogP contribution in [0.2, 0.25) is 0 Å². The molecular formula is C11H19NO3. The fourth-order valence-electron chi connectivity index (χ4n) is 3.59. The molecule has 0 saturated heterocycles. The predicted molar refractivity (Wildman–Crippen MR) is 55.3 cm³/mol. The number of carbonyl (C=O) groups is 1. The maximum Gasteiger partial charge on any atom is 0.438 e. The van der Waals surface area contributed by atoms with E-state index in [1.165, 1.54) is 6.42 Å². The van der Waals surface area contributed by atoms with Crippen molar-refractivity contribution < 1.29 is 14.9 Å². The molecule has 15 heavy (non-hydrogen) atoms. The van der Waals surface area contributed by atoms with E-state index in [4.69, 9.17) is 5.26 Å². The summed E-state index contributed by atoms with van der Waals surface area (Å²) in [7, 11) is 0. The smallest absolute Gasteiger partial charge is 0.313 e. The number of hydrogen-bond acceptors (Lipinski definition) is 3. The van der Waals surface area contributed by atoms with Crippen molar-refractivity contribution in [1.29, 1.82) is 0 Å². The average molecular weight is 213 g/mol. The van der Waals surface area contributed by atoms with Gasteiger partial charge in [0.1, 0.15) is 0 Å². The van der Waals surface area contributed by atoms with Crippen LogP contribution >= 0.6 is 0 Å². The molecule has 3 unspecified atom stereocenters. The van der Waals surface area contributed by atoms with Gasteiger partial charge >= 0.3 is 6.09 Å². The monoisotopic (exact) mass is 213 g/mol. The van der Waals surface area contributed by atoms with Gasteiger partial charge in [0.25, 0.3) is 0 Å². The summed E-state index contributed by atoms with van der Waals surface area (Å²) >= 11 is 0. The van der Waals surface area contributed by atoms with Crippen molar-refractivity contribution in [2.45, 2.75) is 45.6 Å². The molecule has 0 aliphatic heterocycles. The molecule has 0 aromatic heterocycles. The summed E-state index contributed by atoms with van der Waals surface area (Å²) < 4.78 is 0. The molecule has 0 spiro atoms. The summed E-state index contributed by atoms with van der Waals surface area (Å²) in [5, 5.41) is 11.2. The third kappa shape index (κ3) is 1.34. The summed E-state index contributed by atoms with van der Waals surface area (Å²) in [6.45, 7) is 6.55. The van der Waals surface area contributed by atoms with E-state index < -0.39 is 6.09 Å². The van der Waals surface area contributed by atoms with E-state index >= 15 is 0 Å². The van der Waals surface area contributed by atoms with E-state index in [1.807, 2.05) is 0 Å². The number of amides is 1. The molecule has 3 atom stereocenters. The van der Waals surface area contributed by atoms with Crippen LogP contribution in [0.4, 0.5) is 4.79 Å². The third-order valence-electron chi connectivity index (χ3n) is 4.56. The molecule has 2 N–H and O–H groups in total. The number of fused-ring (bicyclic) bond motifs is 1. The fraction of sp³-hybridized carbons (Fsp3) is 0.909. The largest absolute Gasteiger partial charge is 0.438 e. The molecule has 2 aliphatic carbocycles. The van der Waals surface area contributed by atoms with Gasteiger partial charge in [-0.3, -0.25) is 4.89 Å². The van der Waals surface area contributed by atoms with E-state index in [0.29, 0.717) is 11.8 Å². The molecule has 2 aliphatic rings. The molecule has 1 amide bonds. The second kappa shape index (κ2) is 3.11. The van der Waals surface area contributed by atoms with E-state index in [1.54, 1.807) is 0 Å². The maximum atomic E-state index is 11.1. The minimum absolute atomic E-state index is 0.131. The van der Waals surface area contributed by atoms with E-state index in [-0.39, 0.29) is 11.0 Å². The summed E-state index contributed by atoms with van der Waals surface area (Å²) in [4.78, 5) is 14.8. The van der Waals surface area contributed by atoms with Crippen LogP contribution in [-0.2, 0) is 4.89 Å². The lowest BCUT2D eigenvalue weighted by Gasteiger charge is -2.28. The van der Waals surface area contributed by atoms with Crippen molar-refractivity contribution in [2.24, 2.45) is 17.3 Å². The van der Waals surface area contributed by atoms with Gasteiger partial charge in [0.15, 0.2) is 0 Å².